The summed E-state index contributed by atoms with van der Waals surface area (Å²) in [6, 6.07) is 6.15. The third kappa shape index (κ3) is 4.86. The molecule has 2 nitrogen and oxygen atoms in total. The summed E-state index contributed by atoms with van der Waals surface area (Å²) < 4.78 is 0. The van der Waals surface area contributed by atoms with Crippen molar-refractivity contribution in [1.82, 2.24) is 0 Å². The molecule has 0 saturated carbocycles. The van der Waals surface area contributed by atoms with Gasteiger partial charge in [0.05, 0.1) is 5.69 Å². The maximum Gasteiger partial charge on any atom is 0.227 e. The number of carbonyl (C=O) groups is 1. The number of benzene rings is 1. The van der Waals surface area contributed by atoms with Crippen LogP contribution < -0.4 is 5.32 Å². The van der Waals surface area contributed by atoms with E-state index in [0.717, 1.165) is 35.4 Å². The normalized spacial score (nSPS) is 12.2. The SMILES string of the molecule is CCCCCC(CC)C(=O)Nc1c(C)cccc1SC. The van der Waals surface area contributed by atoms with Gasteiger partial charge in [-0.2, -0.15) is 0 Å². The van der Waals surface area contributed by atoms with Crippen LogP contribution in [0, 0.1) is 12.8 Å². The number of hydrogen-bond acceptors (Lipinski definition) is 2. The number of amides is 1. The van der Waals surface area contributed by atoms with Crippen LogP contribution in [0.4, 0.5) is 5.69 Å². The number of para-hydroxylation sites is 1. The molecule has 1 atom stereocenters. The molecular formula is C17H27NOS. The highest BCUT2D eigenvalue weighted by Crippen LogP contribution is 2.29. The predicted octanol–water partition coefficient (Wildman–Crippen LogP) is 5.26. The lowest BCUT2D eigenvalue weighted by Crippen LogP contribution is -2.23. The monoisotopic (exact) mass is 293 g/mol. The summed E-state index contributed by atoms with van der Waals surface area (Å²) in [6.45, 7) is 6.34. The van der Waals surface area contributed by atoms with Gasteiger partial charge >= 0.3 is 0 Å². The molecule has 0 fully saturated rings. The van der Waals surface area contributed by atoms with E-state index in [2.05, 4.69) is 25.2 Å². The second-order valence-corrected chi connectivity index (χ2v) is 6.09. The first-order valence-electron chi connectivity index (χ1n) is 7.58. The number of nitrogens with one attached hydrogen (secondary N) is 1. The average Bonchev–Trinajstić information content (AvgIpc) is 2.45. The fourth-order valence-corrected chi connectivity index (χ4v) is 2.99. The molecule has 1 aromatic rings. The van der Waals surface area contributed by atoms with Gasteiger partial charge in [0.15, 0.2) is 0 Å². The minimum atomic E-state index is 0.135. The van der Waals surface area contributed by atoms with Crippen LogP contribution in [0.1, 0.15) is 51.5 Å². The van der Waals surface area contributed by atoms with Crippen LogP contribution in [-0.4, -0.2) is 12.2 Å². The van der Waals surface area contributed by atoms with Gasteiger partial charge < -0.3 is 5.32 Å². The quantitative estimate of drug-likeness (QED) is 0.523. The van der Waals surface area contributed by atoms with Gasteiger partial charge in [-0.15, -0.1) is 11.8 Å². The third-order valence-electron chi connectivity index (χ3n) is 3.72. The first kappa shape index (κ1) is 17.1. The molecule has 1 N–H and O–H groups in total. The summed E-state index contributed by atoms with van der Waals surface area (Å²) in [5.74, 6) is 0.309. The van der Waals surface area contributed by atoms with Crippen LogP contribution in [0.25, 0.3) is 0 Å². The molecule has 0 aromatic heterocycles. The van der Waals surface area contributed by atoms with E-state index in [1.54, 1.807) is 11.8 Å². The molecule has 20 heavy (non-hydrogen) atoms. The molecule has 112 valence electrons. The van der Waals surface area contributed by atoms with Gasteiger partial charge in [0.2, 0.25) is 5.91 Å². The summed E-state index contributed by atoms with van der Waals surface area (Å²) in [4.78, 5) is 13.6. The van der Waals surface area contributed by atoms with Crippen LogP contribution in [0.5, 0.6) is 0 Å². The van der Waals surface area contributed by atoms with Crippen molar-refractivity contribution < 1.29 is 4.79 Å². The molecule has 1 aromatic carbocycles. The van der Waals surface area contributed by atoms with E-state index in [-0.39, 0.29) is 11.8 Å². The molecule has 1 rings (SSSR count). The summed E-state index contributed by atoms with van der Waals surface area (Å²) in [5, 5.41) is 3.15. The van der Waals surface area contributed by atoms with E-state index in [4.69, 9.17) is 0 Å². The van der Waals surface area contributed by atoms with Crippen molar-refractivity contribution in [2.45, 2.75) is 57.8 Å². The van der Waals surface area contributed by atoms with E-state index >= 15 is 0 Å². The lowest BCUT2D eigenvalue weighted by atomic mass is 9.97. The van der Waals surface area contributed by atoms with Gasteiger partial charge in [-0.3, -0.25) is 4.79 Å². The van der Waals surface area contributed by atoms with Crippen molar-refractivity contribution in [2.75, 3.05) is 11.6 Å². The molecule has 0 saturated heterocycles. The largest absolute Gasteiger partial charge is 0.325 e. The number of rotatable bonds is 8. The minimum absolute atomic E-state index is 0.135. The molecular weight excluding hydrogens is 266 g/mol. The van der Waals surface area contributed by atoms with Gasteiger partial charge in [-0.25, -0.2) is 0 Å². The van der Waals surface area contributed by atoms with Gasteiger partial charge in [0, 0.05) is 10.8 Å². The van der Waals surface area contributed by atoms with Crippen LogP contribution >= 0.6 is 11.8 Å². The van der Waals surface area contributed by atoms with Crippen molar-refractivity contribution in [2.24, 2.45) is 5.92 Å². The van der Waals surface area contributed by atoms with Crippen LogP contribution in [-0.2, 0) is 4.79 Å². The zero-order valence-electron chi connectivity index (χ0n) is 13.2. The maximum absolute atomic E-state index is 12.4. The minimum Gasteiger partial charge on any atom is -0.325 e. The molecule has 0 aliphatic heterocycles. The van der Waals surface area contributed by atoms with Crippen molar-refractivity contribution in [3.8, 4) is 0 Å². The Hall–Kier alpha value is -0.960. The number of unbranched alkanes of at least 4 members (excludes halogenated alkanes) is 2. The third-order valence-corrected chi connectivity index (χ3v) is 4.50. The topological polar surface area (TPSA) is 29.1 Å². The predicted molar refractivity (Wildman–Crippen MR) is 89.5 cm³/mol. The number of anilines is 1. The number of carbonyl (C=O) groups excluding carboxylic acids is 1. The van der Waals surface area contributed by atoms with E-state index < -0.39 is 0 Å². The fourth-order valence-electron chi connectivity index (χ4n) is 2.36. The number of thioether (sulfide) groups is 1. The second-order valence-electron chi connectivity index (χ2n) is 5.24. The van der Waals surface area contributed by atoms with E-state index in [9.17, 15) is 4.79 Å². The molecule has 0 radical (unpaired) electrons. The molecule has 0 aliphatic rings. The zero-order chi connectivity index (χ0) is 15.0. The van der Waals surface area contributed by atoms with Crippen molar-refractivity contribution in [1.29, 1.82) is 0 Å². The Morgan fingerprint density at radius 3 is 2.65 bits per heavy atom. The van der Waals surface area contributed by atoms with Gasteiger partial charge in [-0.05, 0) is 37.7 Å². The Morgan fingerprint density at radius 1 is 1.30 bits per heavy atom. The smallest absolute Gasteiger partial charge is 0.227 e. The lowest BCUT2D eigenvalue weighted by Gasteiger charge is -2.18. The first-order chi connectivity index (χ1) is 9.63. The standard InChI is InChI=1S/C17H27NOS/c1-5-7-8-11-14(6-2)17(19)18-16-13(3)10-9-12-15(16)20-4/h9-10,12,14H,5-8,11H2,1-4H3,(H,18,19). The Balaban J connectivity index is 2.73. The molecule has 0 heterocycles. The first-order valence-corrected chi connectivity index (χ1v) is 8.80. The lowest BCUT2D eigenvalue weighted by molar-refractivity contribution is -0.120. The molecule has 0 aliphatic carbocycles. The molecule has 0 bridgehead atoms. The van der Waals surface area contributed by atoms with E-state index in [0.29, 0.717) is 0 Å². The summed E-state index contributed by atoms with van der Waals surface area (Å²) in [7, 11) is 0. The van der Waals surface area contributed by atoms with Gasteiger partial charge in [0.1, 0.15) is 0 Å². The van der Waals surface area contributed by atoms with Crippen LogP contribution in [0.3, 0.4) is 0 Å². The molecule has 0 spiro atoms. The Labute approximate surface area is 127 Å². The van der Waals surface area contributed by atoms with E-state index in [1.165, 1.54) is 12.8 Å². The highest BCUT2D eigenvalue weighted by Gasteiger charge is 2.18. The highest BCUT2D eigenvalue weighted by atomic mass is 32.2. The zero-order valence-corrected chi connectivity index (χ0v) is 14.0. The highest BCUT2D eigenvalue weighted by molar-refractivity contribution is 7.98. The maximum atomic E-state index is 12.4. The van der Waals surface area contributed by atoms with E-state index in [1.807, 2.05) is 25.3 Å². The van der Waals surface area contributed by atoms with Crippen molar-refractivity contribution in [3.05, 3.63) is 23.8 Å². The van der Waals surface area contributed by atoms with Crippen LogP contribution in [0.2, 0.25) is 0 Å². The van der Waals surface area contributed by atoms with Gasteiger partial charge in [-0.1, -0.05) is 45.2 Å². The average molecular weight is 293 g/mol. The molecule has 3 heteroatoms. The summed E-state index contributed by atoms with van der Waals surface area (Å²) in [5.41, 5.74) is 2.12. The Morgan fingerprint density at radius 2 is 2.05 bits per heavy atom. The van der Waals surface area contributed by atoms with Gasteiger partial charge in [0.25, 0.3) is 0 Å². The Kier molecular flexibility index (Phi) is 7.75. The molecule has 1 unspecified atom stereocenters. The molecule has 1 amide bonds. The Bertz CT molecular complexity index is 431. The summed E-state index contributed by atoms with van der Waals surface area (Å²) >= 11 is 1.68. The number of hydrogen-bond donors (Lipinski definition) is 1. The fraction of sp³-hybridized carbons (Fsp3) is 0.588. The summed E-state index contributed by atoms with van der Waals surface area (Å²) in [6.07, 6.45) is 7.51. The number of aryl methyl sites for hydroxylation is 1. The van der Waals surface area contributed by atoms with Crippen molar-refractivity contribution in [3.63, 3.8) is 0 Å². The second kappa shape index (κ2) is 9.06. The van der Waals surface area contributed by atoms with Crippen LogP contribution in [0.15, 0.2) is 23.1 Å². The van der Waals surface area contributed by atoms with Crippen molar-refractivity contribution >= 4 is 23.4 Å².